The quantitative estimate of drug-likeness (QED) is 0.772. The van der Waals surface area contributed by atoms with Gasteiger partial charge < -0.3 is 0 Å². The van der Waals surface area contributed by atoms with Gasteiger partial charge in [0.05, 0.1) is 6.54 Å². The second-order valence-corrected chi connectivity index (χ2v) is 7.99. The molecule has 20 heavy (non-hydrogen) atoms. The second kappa shape index (κ2) is 6.77. The van der Waals surface area contributed by atoms with Crippen molar-refractivity contribution < 1.29 is 4.79 Å². The molecule has 0 saturated carbocycles. The Kier molecular flexibility index (Phi) is 5.28. The highest BCUT2D eigenvalue weighted by atomic mass is 32.2. The van der Waals surface area contributed by atoms with Crippen LogP contribution in [0.5, 0.6) is 0 Å². The van der Waals surface area contributed by atoms with Gasteiger partial charge in [0, 0.05) is 29.2 Å². The lowest BCUT2D eigenvalue weighted by molar-refractivity contribution is 0.0927. The molecule has 1 aromatic carbocycles. The molecule has 2 nitrogen and oxygen atoms in total. The summed E-state index contributed by atoms with van der Waals surface area (Å²) in [4.78, 5) is 14.6. The van der Waals surface area contributed by atoms with E-state index in [0.29, 0.717) is 6.54 Å². The summed E-state index contributed by atoms with van der Waals surface area (Å²) in [5.41, 5.74) is 2.17. The van der Waals surface area contributed by atoms with Crippen molar-refractivity contribution in [3.8, 4) is 0 Å². The van der Waals surface area contributed by atoms with Gasteiger partial charge >= 0.3 is 0 Å². The van der Waals surface area contributed by atoms with Crippen LogP contribution in [0.2, 0.25) is 0 Å². The molecule has 0 N–H and O–H groups in total. The molecule has 0 unspecified atom stereocenters. The van der Waals surface area contributed by atoms with Crippen LogP contribution in [0.4, 0.5) is 0 Å². The van der Waals surface area contributed by atoms with Gasteiger partial charge in [-0.25, -0.2) is 0 Å². The van der Waals surface area contributed by atoms with Crippen LogP contribution in [-0.4, -0.2) is 40.8 Å². The van der Waals surface area contributed by atoms with Crippen LogP contribution < -0.4 is 0 Å². The summed E-state index contributed by atoms with van der Waals surface area (Å²) >= 11 is 2.00. The van der Waals surface area contributed by atoms with Crippen LogP contribution in [-0.2, 0) is 6.42 Å². The third-order valence-electron chi connectivity index (χ3n) is 3.69. The Morgan fingerprint density at radius 3 is 2.60 bits per heavy atom. The molecule has 1 aliphatic heterocycles. The van der Waals surface area contributed by atoms with Crippen molar-refractivity contribution in [2.45, 2.75) is 38.4 Å². The van der Waals surface area contributed by atoms with Gasteiger partial charge in [-0.2, -0.15) is 11.8 Å². The molecule has 1 fully saturated rings. The minimum Gasteiger partial charge on any atom is -0.294 e. The number of benzene rings is 1. The largest absolute Gasteiger partial charge is 0.294 e. The lowest BCUT2D eigenvalue weighted by Gasteiger charge is -2.37. The van der Waals surface area contributed by atoms with Gasteiger partial charge in [0.1, 0.15) is 0 Å². The SMILES string of the molecule is CCCc1ccc(C(=O)CN2CCSC(C)(C)C2)cc1. The van der Waals surface area contributed by atoms with Gasteiger partial charge in [-0.15, -0.1) is 0 Å². The first kappa shape index (κ1) is 15.6. The average Bonchev–Trinajstić information content (AvgIpc) is 2.38. The van der Waals surface area contributed by atoms with Crippen LogP contribution in [0.25, 0.3) is 0 Å². The zero-order chi connectivity index (χ0) is 14.6. The van der Waals surface area contributed by atoms with Crippen molar-refractivity contribution in [3.05, 3.63) is 35.4 Å². The van der Waals surface area contributed by atoms with Crippen LogP contribution in [0.15, 0.2) is 24.3 Å². The molecular formula is C17H25NOS. The van der Waals surface area contributed by atoms with E-state index in [-0.39, 0.29) is 10.5 Å². The Hall–Kier alpha value is -0.800. The Bertz CT molecular complexity index is 453. The summed E-state index contributed by atoms with van der Waals surface area (Å²) < 4.78 is 0.267. The second-order valence-electron chi connectivity index (χ2n) is 6.19. The van der Waals surface area contributed by atoms with Crippen molar-refractivity contribution in [2.24, 2.45) is 0 Å². The number of carbonyl (C=O) groups excluding carboxylic acids is 1. The lowest BCUT2D eigenvalue weighted by atomic mass is 10.0. The van der Waals surface area contributed by atoms with Gasteiger partial charge in [0.15, 0.2) is 5.78 Å². The first-order valence-corrected chi connectivity index (χ1v) is 8.47. The van der Waals surface area contributed by atoms with E-state index >= 15 is 0 Å². The first-order valence-electron chi connectivity index (χ1n) is 7.48. The van der Waals surface area contributed by atoms with Gasteiger partial charge in [0.25, 0.3) is 0 Å². The van der Waals surface area contributed by atoms with E-state index in [1.807, 2.05) is 23.9 Å². The fourth-order valence-electron chi connectivity index (χ4n) is 2.69. The Morgan fingerprint density at radius 1 is 1.30 bits per heavy atom. The molecule has 3 heteroatoms. The molecule has 1 saturated heterocycles. The molecule has 0 aromatic heterocycles. The van der Waals surface area contributed by atoms with Gasteiger partial charge in [-0.3, -0.25) is 9.69 Å². The number of rotatable bonds is 5. The maximum absolute atomic E-state index is 12.3. The first-order chi connectivity index (χ1) is 9.50. The van der Waals surface area contributed by atoms with Gasteiger partial charge in [-0.1, -0.05) is 37.6 Å². The summed E-state index contributed by atoms with van der Waals surface area (Å²) in [5, 5.41) is 0. The fourth-order valence-corrected chi connectivity index (χ4v) is 3.87. The van der Waals surface area contributed by atoms with E-state index in [2.05, 4.69) is 37.8 Å². The zero-order valence-electron chi connectivity index (χ0n) is 12.8. The molecule has 1 heterocycles. The minimum absolute atomic E-state index is 0.246. The smallest absolute Gasteiger partial charge is 0.176 e. The van der Waals surface area contributed by atoms with Crippen LogP contribution in [0.3, 0.4) is 0 Å². The van der Waals surface area contributed by atoms with E-state index in [1.165, 1.54) is 5.56 Å². The number of hydrogen-bond acceptors (Lipinski definition) is 3. The standard InChI is InChI=1S/C17H25NOS/c1-4-5-14-6-8-15(9-7-14)16(19)12-18-10-11-20-17(2,3)13-18/h6-9H,4-5,10-13H2,1-3H3. The summed E-state index contributed by atoms with van der Waals surface area (Å²) in [6.45, 7) is 9.26. The molecule has 1 aliphatic rings. The molecule has 0 spiro atoms. The Balaban J connectivity index is 1.94. The number of carbonyl (C=O) groups is 1. The monoisotopic (exact) mass is 291 g/mol. The molecule has 0 bridgehead atoms. The van der Waals surface area contributed by atoms with E-state index < -0.39 is 0 Å². The van der Waals surface area contributed by atoms with Gasteiger partial charge in [0.2, 0.25) is 0 Å². The maximum atomic E-state index is 12.3. The van der Waals surface area contributed by atoms with Crippen molar-refractivity contribution in [1.29, 1.82) is 0 Å². The zero-order valence-corrected chi connectivity index (χ0v) is 13.6. The molecule has 2 rings (SSSR count). The fraction of sp³-hybridized carbons (Fsp3) is 0.588. The van der Waals surface area contributed by atoms with Crippen LogP contribution in [0.1, 0.15) is 43.1 Å². The third-order valence-corrected chi connectivity index (χ3v) is 4.98. The highest BCUT2D eigenvalue weighted by Gasteiger charge is 2.28. The number of nitrogens with zero attached hydrogens (tertiary/aromatic N) is 1. The van der Waals surface area contributed by atoms with Crippen LogP contribution in [0, 0.1) is 0 Å². The molecule has 0 aliphatic carbocycles. The van der Waals surface area contributed by atoms with Crippen LogP contribution >= 0.6 is 11.8 Å². The van der Waals surface area contributed by atoms with E-state index in [0.717, 1.165) is 37.2 Å². The van der Waals surface area contributed by atoms with Crippen molar-refractivity contribution in [1.82, 2.24) is 4.90 Å². The predicted molar refractivity (Wildman–Crippen MR) is 87.7 cm³/mol. The number of Topliss-reactive ketones (excluding diaryl/α,β-unsaturated/α-hetero) is 1. The van der Waals surface area contributed by atoms with E-state index in [9.17, 15) is 4.79 Å². The Morgan fingerprint density at radius 2 is 2.00 bits per heavy atom. The van der Waals surface area contributed by atoms with Crippen molar-refractivity contribution in [2.75, 3.05) is 25.4 Å². The van der Waals surface area contributed by atoms with E-state index in [4.69, 9.17) is 0 Å². The molecule has 0 radical (unpaired) electrons. The molecule has 1 aromatic rings. The average molecular weight is 291 g/mol. The summed E-state index contributed by atoms with van der Waals surface area (Å²) in [7, 11) is 0. The molecule has 0 amide bonds. The minimum atomic E-state index is 0.246. The Labute approximate surface area is 126 Å². The lowest BCUT2D eigenvalue weighted by Crippen LogP contribution is -2.45. The number of aryl methyl sites for hydroxylation is 1. The molecule has 110 valence electrons. The van der Waals surface area contributed by atoms with Crippen molar-refractivity contribution in [3.63, 3.8) is 0 Å². The number of thioether (sulfide) groups is 1. The van der Waals surface area contributed by atoms with E-state index in [1.54, 1.807) is 0 Å². The number of ketones is 1. The van der Waals surface area contributed by atoms with Crippen molar-refractivity contribution >= 4 is 17.5 Å². The molecule has 0 atom stereocenters. The third kappa shape index (κ3) is 4.35. The summed E-state index contributed by atoms with van der Waals surface area (Å²) in [6.07, 6.45) is 2.24. The summed E-state index contributed by atoms with van der Waals surface area (Å²) in [5.74, 6) is 1.37. The predicted octanol–water partition coefficient (Wildman–Crippen LogP) is 3.65. The highest BCUT2D eigenvalue weighted by molar-refractivity contribution is 8.00. The highest BCUT2D eigenvalue weighted by Crippen LogP contribution is 2.29. The summed E-state index contributed by atoms with van der Waals surface area (Å²) in [6, 6.07) is 8.15. The maximum Gasteiger partial charge on any atom is 0.176 e. The normalized spacial score (nSPS) is 18.9. The van der Waals surface area contributed by atoms with Gasteiger partial charge in [-0.05, 0) is 25.8 Å². The number of hydrogen-bond donors (Lipinski definition) is 0. The molecular weight excluding hydrogens is 266 g/mol. The topological polar surface area (TPSA) is 20.3 Å².